The molecule has 18 N–H and O–H groups in total. The zero-order chi connectivity index (χ0) is 50.8. The number of halogens is 9. The van der Waals surface area contributed by atoms with Gasteiger partial charge in [0.2, 0.25) is 23.6 Å². The maximum atomic E-state index is 13.4. The van der Waals surface area contributed by atoms with E-state index in [1.807, 2.05) is 0 Å². The van der Waals surface area contributed by atoms with Gasteiger partial charge in [-0.15, -0.1) is 0 Å². The molecule has 0 heterocycles. The van der Waals surface area contributed by atoms with Crippen LogP contribution in [0.2, 0.25) is 0 Å². The SMILES string of the molecule is CC(=O)N[C@@H](CCCN=C(N)N)C(=O)N[C@H](C(=O)N[C@@H](CCCN=C(N)N)C(=O)NCc1ccc(C(=N)N)cc1)C(C)C.O=C(O)C(F)(F)F.O=C(O)C(F)(F)F.O=C(O)C(F)(F)F. The van der Waals surface area contributed by atoms with Gasteiger partial charge >= 0.3 is 36.4 Å². The zero-order valence-corrected chi connectivity index (χ0v) is 34.0. The summed E-state index contributed by atoms with van der Waals surface area (Å²) in [4.78, 5) is 85.9. The van der Waals surface area contributed by atoms with Gasteiger partial charge in [-0.3, -0.25) is 34.6 Å². The van der Waals surface area contributed by atoms with E-state index < -0.39 is 78.2 Å². The van der Waals surface area contributed by atoms with Crippen molar-refractivity contribution in [2.75, 3.05) is 13.1 Å². The number of carboxylic acid groups (broad SMARTS) is 3. The molecule has 1 rings (SSSR count). The Morgan fingerprint density at radius 2 is 0.984 bits per heavy atom. The molecule has 64 heavy (non-hydrogen) atoms. The van der Waals surface area contributed by atoms with Gasteiger partial charge in [0.1, 0.15) is 24.0 Å². The van der Waals surface area contributed by atoms with E-state index in [0.717, 1.165) is 5.56 Å². The number of carbonyl (C=O) groups is 7. The van der Waals surface area contributed by atoms with Crippen LogP contribution in [0.5, 0.6) is 0 Å². The first-order chi connectivity index (χ1) is 29.0. The number of nitrogen functional groups attached to an aromatic ring is 1. The van der Waals surface area contributed by atoms with Gasteiger partial charge in [-0.25, -0.2) is 14.4 Å². The fourth-order valence-corrected chi connectivity index (χ4v) is 3.95. The highest BCUT2D eigenvalue weighted by molar-refractivity contribution is 5.95. The summed E-state index contributed by atoms with van der Waals surface area (Å²) in [6, 6.07) is 3.92. The molecule has 0 spiro atoms. The number of carboxylic acids is 3. The number of hydrogen-bond donors (Lipinski definition) is 13. The predicted octanol–water partition coefficient (Wildman–Crippen LogP) is -0.276. The summed E-state index contributed by atoms with van der Waals surface area (Å²) < 4.78 is 95.2. The van der Waals surface area contributed by atoms with Crippen LogP contribution in [0.15, 0.2) is 34.3 Å². The van der Waals surface area contributed by atoms with E-state index in [9.17, 15) is 58.7 Å². The molecule has 0 aromatic heterocycles. The maximum absolute atomic E-state index is 13.4. The second-order valence-corrected chi connectivity index (χ2v) is 12.7. The highest BCUT2D eigenvalue weighted by Gasteiger charge is 2.39. The number of rotatable bonds is 18. The third-order valence-corrected chi connectivity index (χ3v) is 6.92. The lowest BCUT2D eigenvalue weighted by Gasteiger charge is -2.27. The average Bonchev–Trinajstić information content (AvgIpc) is 3.14. The van der Waals surface area contributed by atoms with E-state index in [2.05, 4.69) is 31.3 Å². The Hall–Kier alpha value is -7.11. The normalized spacial score (nSPS) is 12.2. The number of aliphatic imine (C=N–C) groups is 2. The van der Waals surface area contributed by atoms with Crippen LogP contribution in [0.25, 0.3) is 0 Å². The van der Waals surface area contributed by atoms with Crippen molar-refractivity contribution in [1.82, 2.24) is 21.3 Å². The van der Waals surface area contributed by atoms with Crippen LogP contribution in [-0.4, -0.2) is 124 Å². The lowest BCUT2D eigenvalue weighted by atomic mass is 10.0. The number of benzene rings is 1. The van der Waals surface area contributed by atoms with Crippen LogP contribution in [-0.2, 0) is 40.1 Å². The van der Waals surface area contributed by atoms with Crippen molar-refractivity contribution in [3.63, 3.8) is 0 Å². The second kappa shape index (κ2) is 29.2. The molecule has 0 radical (unpaired) electrons. The summed E-state index contributed by atoms with van der Waals surface area (Å²) in [7, 11) is 0. The number of amidine groups is 1. The quantitative estimate of drug-likeness (QED) is 0.0390. The number of nitrogens with two attached hydrogens (primary N) is 5. The molecule has 1 aromatic rings. The first-order valence-corrected chi connectivity index (χ1v) is 17.6. The minimum atomic E-state index is -5.08. The molecule has 0 saturated carbocycles. The summed E-state index contributed by atoms with van der Waals surface area (Å²) in [5, 5.41) is 39.7. The number of aliphatic carboxylic acids is 3. The van der Waals surface area contributed by atoms with E-state index in [0.29, 0.717) is 18.4 Å². The van der Waals surface area contributed by atoms with Crippen molar-refractivity contribution < 1.29 is 88.4 Å². The smallest absolute Gasteiger partial charge is 0.475 e. The first-order valence-electron chi connectivity index (χ1n) is 17.6. The van der Waals surface area contributed by atoms with Gasteiger partial charge in [-0.2, -0.15) is 39.5 Å². The number of nitrogens with one attached hydrogen (secondary N) is 5. The van der Waals surface area contributed by atoms with Crippen molar-refractivity contribution in [2.45, 2.75) is 89.7 Å². The van der Waals surface area contributed by atoms with Crippen LogP contribution in [0.4, 0.5) is 39.5 Å². The number of carbonyl (C=O) groups excluding carboxylic acids is 4. The topological polar surface area (TPSA) is 407 Å². The summed E-state index contributed by atoms with van der Waals surface area (Å²) in [6.07, 6.45) is -14.0. The molecule has 4 amide bonds. The number of guanidine groups is 2. The molecule has 22 nitrogen and oxygen atoms in total. The molecule has 0 unspecified atom stereocenters. The first kappa shape index (κ1) is 61.2. The number of hydrogen-bond acceptors (Lipinski definition) is 10. The third kappa shape index (κ3) is 30.8. The summed E-state index contributed by atoms with van der Waals surface area (Å²) in [5.74, 6) is -10.9. The minimum Gasteiger partial charge on any atom is -0.475 e. The fourth-order valence-electron chi connectivity index (χ4n) is 3.95. The van der Waals surface area contributed by atoms with Gasteiger partial charge in [0.05, 0.1) is 0 Å². The Morgan fingerprint density at radius 3 is 1.28 bits per heavy atom. The Morgan fingerprint density at radius 1 is 0.625 bits per heavy atom. The average molecular weight is 945 g/mol. The molecular formula is C33H49F9N12O10. The fraction of sp³-hybridized carbons (Fsp3) is 0.515. The highest BCUT2D eigenvalue weighted by atomic mass is 19.4. The monoisotopic (exact) mass is 944 g/mol. The van der Waals surface area contributed by atoms with Crippen molar-refractivity contribution in [3.05, 3.63) is 35.4 Å². The van der Waals surface area contributed by atoms with E-state index >= 15 is 0 Å². The van der Waals surface area contributed by atoms with Crippen molar-refractivity contribution in [2.24, 2.45) is 44.6 Å². The molecule has 364 valence electrons. The van der Waals surface area contributed by atoms with Crippen LogP contribution in [0, 0.1) is 11.3 Å². The lowest BCUT2D eigenvalue weighted by molar-refractivity contribution is -0.193. The van der Waals surface area contributed by atoms with Crippen molar-refractivity contribution in [3.8, 4) is 0 Å². The molecule has 0 aliphatic carbocycles. The van der Waals surface area contributed by atoms with E-state index in [4.69, 9.17) is 63.8 Å². The number of amides is 4. The molecule has 0 aliphatic heterocycles. The summed E-state index contributed by atoms with van der Waals surface area (Å²) >= 11 is 0. The summed E-state index contributed by atoms with van der Waals surface area (Å²) in [5.41, 5.74) is 28.3. The molecule has 1 aromatic carbocycles. The zero-order valence-electron chi connectivity index (χ0n) is 34.0. The van der Waals surface area contributed by atoms with Crippen LogP contribution < -0.4 is 49.9 Å². The predicted molar refractivity (Wildman–Crippen MR) is 207 cm³/mol. The third-order valence-electron chi connectivity index (χ3n) is 6.92. The van der Waals surface area contributed by atoms with Gasteiger partial charge in [0.25, 0.3) is 0 Å². The molecular weight excluding hydrogens is 895 g/mol. The van der Waals surface area contributed by atoms with Gasteiger partial charge < -0.3 is 65.3 Å². The van der Waals surface area contributed by atoms with E-state index in [-0.39, 0.29) is 56.1 Å². The van der Waals surface area contributed by atoms with Crippen molar-refractivity contribution in [1.29, 1.82) is 5.41 Å². The van der Waals surface area contributed by atoms with Gasteiger partial charge in [-0.1, -0.05) is 38.1 Å². The van der Waals surface area contributed by atoms with Gasteiger partial charge in [0.15, 0.2) is 11.9 Å². The minimum absolute atomic E-state index is 0.0692. The molecule has 0 bridgehead atoms. The van der Waals surface area contributed by atoms with E-state index in [1.54, 1.807) is 38.1 Å². The molecule has 0 fully saturated rings. The highest BCUT2D eigenvalue weighted by Crippen LogP contribution is 2.15. The Labute approximate surface area is 357 Å². The van der Waals surface area contributed by atoms with E-state index in [1.165, 1.54) is 6.92 Å². The number of nitrogens with zero attached hydrogens (tertiary/aromatic N) is 2. The van der Waals surface area contributed by atoms with Gasteiger partial charge in [-0.05, 0) is 37.2 Å². The Balaban J connectivity index is -0.00000144. The lowest BCUT2D eigenvalue weighted by Crippen LogP contribution is -2.58. The maximum Gasteiger partial charge on any atom is 0.490 e. The molecule has 3 atom stereocenters. The molecule has 0 saturated heterocycles. The van der Waals surface area contributed by atoms with Gasteiger partial charge in [0, 0.05) is 32.1 Å². The molecule has 31 heteroatoms. The largest absolute Gasteiger partial charge is 0.490 e. The standard InChI is InChI=1S/C27H46N12O4.3C2HF3O2/c1-15(2)21(39-24(42)20(37-16(3)40)7-5-13-35-27(32)33)25(43)38-19(6-4-12-34-26(30)31)23(41)36-14-17-8-10-18(11-9-17)22(28)29;3*3-2(4,5)1(6)7/h8-11,15,19-21H,4-7,12-14H2,1-3H3,(H3,28,29)(H,36,41)(H,37,40)(H,38,43)(H,39,42)(H4,30,31,34)(H4,32,33,35);3*(H,6,7)/t19-,20-,21-;;;/m0.../s1. The van der Waals surface area contributed by atoms with Crippen LogP contribution in [0.1, 0.15) is 57.6 Å². The number of alkyl halides is 9. The Bertz CT molecular complexity index is 1710. The Kier molecular flexibility index (Phi) is 28.0. The van der Waals surface area contributed by atoms with Crippen LogP contribution in [0.3, 0.4) is 0 Å². The van der Waals surface area contributed by atoms with Crippen molar-refractivity contribution >= 4 is 59.3 Å². The second-order valence-electron chi connectivity index (χ2n) is 12.7. The van der Waals surface area contributed by atoms with Crippen LogP contribution >= 0.6 is 0 Å². The molecule has 0 aliphatic rings. The summed E-state index contributed by atoms with van der Waals surface area (Å²) in [6.45, 7) is 5.45.